The van der Waals surface area contributed by atoms with Gasteiger partial charge < -0.3 is 10.2 Å². The molecule has 0 aliphatic carbocycles. The molecule has 3 aliphatic heterocycles. The minimum Gasteiger partial charge on any atom is -0.353 e. The molecule has 0 amide bonds. The van der Waals surface area contributed by atoms with Gasteiger partial charge in [-0.05, 0) is 44.5 Å². The zero-order valence-corrected chi connectivity index (χ0v) is 15.2. The van der Waals surface area contributed by atoms with Gasteiger partial charge in [-0.1, -0.05) is 6.07 Å². The van der Waals surface area contributed by atoms with E-state index in [-0.39, 0.29) is 0 Å². The molecule has 136 valence electrons. The molecule has 2 aromatic heterocycles. The van der Waals surface area contributed by atoms with Crippen LogP contribution in [0, 0.1) is 0 Å². The molecule has 1 atom stereocenters. The quantitative estimate of drug-likeness (QED) is 0.886. The van der Waals surface area contributed by atoms with E-state index in [1.54, 1.807) is 0 Å². The Bertz CT molecular complexity index is 777. The summed E-state index contributed by atoms with van der Waals surface area (Å²) in [4.78, 5) is 19.6. The predicted octanol–water partition coefficient (Wildman–Crippen LogP) is 1.51. The highest BCUT2D eigenvalue weighted by atomic mass is 15.3. The van der Waals surface area contributed by atoms with Crippen molar-refractivity contribution in [3.05, 3.63) is 35.7 Å². The molecule has 5 rings (SSSR count). The van der Waals surface area contributed by atoms with Gasteiger partial charge in [0.25, 0.3) is 0 Å². The molecular formula is C20H26N6. The molecule has 26 heavy (non-hydrogen) atoms. The lowest BCUT2D eigenvalue weighted by atomic mass is 10.1. The van der Waals surface area contributed by atoms with Crippen LogP contribution in [0.1, 0.15) is 24.1 Å². The zero-order chi connectivity index (χ0) is 17.3. The van der Waals surface area contributed by atoms with Gasteiger partial charge in [0.05, 0.1) is 5.69 Å². The molecule has 0 radical (unpaired) electrons. The Balaban J connectivity index is 1.56. The maximum Gasteiger partial charge on any atom is 0.180 e. The van der Waals surface area contributed by atoms with Crippen LogP contribution in [0.15, 0.2) is 24.4 Å². The van der Waals surface area contributed by atoms with Gasteiger partial charge in [-0.15, -0.1) is 0 Å². The van der Waals surface area contributed by atoms with Gasteiger partial charge in [-0.25, -0.2) is 9.97 Å². The van der Waals surface area contributed by atoms with Crippen LogP contribution < -0.4 is 10.2 Å². The molecule has 5 heterocycles. The van der Waals surface area contributed by atoms with Gasteiger partial charge in [0.15, 0.2) is 5.82 Å². The lowest BCUT2D eigenvalue weighted by Crippen LogP contribution is -2.50. The average Bonchev–Trinajstić information content (AvgIpc) is 3.03. The molecule has 0 bridgehead atoms. The number of aromatic nitrogens is 3. The summed E-state index contributed by atoms with van der Waals surface area (Å²) in [6.45, 7) is 6.58. The van der Waals surface area contributed by atoms with Gasteiger partial charge in [-0.3, -0.25) is 9.88 Å². The molecule has 3 aliphatic rings. The minimum atomic E-state index is 0.691. The van der Waals surface area contributed by atoms with Gasteiger partial charge in [0.2, 0.25) is 0 Å². The van der Waals surface area contributed by atoms with E-state index in [2.05, 4.69) is 20.1 Å². The van der Waals surface area contributed by atoms with Crippen LogP contribution in [0.5, 0.6) is 0 Å². The summed E-state index contributed by atoms with van der Waals surface area (Å²) in [5.74, 6) is 1.93. The first-order valence-electron chi connectivity index (χ1n) is 9.89. The summed E-state index contributed by atoms with van der Waals surface area (Å²) >= 11 is 0. The first-order chi connectivity index (χ1) is 12.9. The van der Waals surface area contributed by atoms with Crippen molar-refractivity contribution in [3.63, 3.8) is 0 Å². The lowest BCUT2D eigenvalue weighted by molar-refractivity contribution is 0.230. The molecule has 6 heteroatoms. The molecule has 0 spiro atoms. The topological polar surface area (TPSA) is 57.2 Å². The standard InChI is InChI=1S/C20H26N6/c1-2-8-22-18(5-1)19-23-17-7-10-21-9-6-16(17)20(24-19)26-13-12-25-11-3-4-15(25)14-26/h1-2,5,8,15,21H,3-4,6-7,9-14H2/t15-/m1/s1. The number of anilines is 1. The van der Waals surface area contributed by atoms with E-state index in [0.29, 0.717) is 6.04 Å². The van der Waals surface area contributed by atoms with E-state index in [1.807, 2.05) is 24.4 Å². The third kappa shape index (κ3) is 2.97. The van der Waals surface area contributed by atoms with Crippen molar-refractivity contribution < 1.29 is 0 Å². The lowest BCUT2D eigenvalue weighted by Gasteiger charge is -2.39. The van der Waals surface area contributed by atoms with Gasteiger partial charge in [0.1, 0.15) is 11.5 Å². The van der Waals surface area contributed by atoms with Crippen molar-refractivity contribution in [1.29, 1.82) is 0 Å². The van der Waals surface area contributed by atoms with E-state index in [9.17, 15) is 0 Å². The number of hydrogen-bond donors (Lipinski definition) is 1. The van der Waals surface area contributed by atoms with E-state index in [1.165, 1.54) is 30.6 Å². The van der Waals surface area contributed by atoms with Gasteiger partial charge in [0, 0.05) is 50.4 Å². The van der Waals surface area contributed by atoms with E-state index >= 15 is 0 Å². The first kappa shape index (κ1) is 16.1. The van der Waals surface area contributed by atoms with Crippen LogP contribution in [0.4, 0.5) is 5.82 Å². The number of rotatable bonds is 2. The van der Waals surface area contributed by atoms with Crippen LogP contribution in [0.3, 0.4) is 0 Å². The van der Waals surface area contributed by atoms with E-state index in [4.69, 9.17) is 9.97 Å². The van der Waals surface area contributed by atoms with Gasteiger partial charge >= 0.3 is 0 Å². The summed E-state index contributed by atoms with van der Waals surface area (Å²) in [5, 5.41) is 3.51. The third-order valence-electron chi connectivity index (χ3n) is 5.94. The van der Waals surface area contributed by atoms with Gasteiger partial charge in [-0.2, -0.15) is 0 Å². The molecule has 1 N–H and O–H groups in total. The maximum atomic E-state index is 5.04. The predicted molar refractivity (Wildman–Crippen MR) is 102 cm³/mol. The number of nitrogens with zero attached hydrogens (tertiary/aromatic N) is 5. The molecule has 0 aromatic carbocycles. The fraction of sp³-hybridized carbons (Fsp3) is 0.550. The molecule has 0 saturated carbocycles. The summed E-state index contributed by atoms with van der Waals surface area (Å²) in [6.07, 6.45) is 6.46. The molecular weight excluding hydrogens is 324 g/mol. The number of piperazine rings is 1. The molecule has 2 aromatic rings. The molecule has 2 fully saturated rings. The maximum absolute atomic E-state index is 5.04. The zero-order valence-electron chi connectivity index (χ0n) is 15.2. The van der Waals surface area contributed by atoms with Crippen molar-refractivity contribution in [3.8, 4) is 11.5 Å². The van der Waals surface area contributed by atoms with Crippen LogP contribution in [-0.2, 0) is 12.8 Å². The summed E-state index contributed by atoms with van der Waals surface area (Å²) < 4.78 is 0. The van der Waals surface area contributed by atoms with Crippen LogP contribution >= 0.6 is 0 Å². The summed E-state index contributed by atoms with van der Waals surface area (Å²) in [5.41, 5.74) is 3.42. The van der Waals surface area contributed by atoms with Crippen molar-refractivity contribution in [2.24, 2.45) is 0 Å². The van der Waals surface area contributed by atoms with E-state index < -0.39 is 0 Å². The Morgan fingerprint density at radius 2 is 2.00 bits per heavy atom. The minimum absolute atomic E-state index is 0.691. The SMILES string of the molecule is c1ccc(-c2nc3c(c(N4CCN5CCC[C@@H]5C4)n2)CCNCC3)nc1. The Labute approximate surface area is 154 Å². The molecule has 2 saturated heterocycles. The van der Waals surface area contributed by atoms with Crippen LogP contribution in [0.25, 0.3) is 11.5 Å². The fourth-order valence-electron chi connectivity index (χ4n) is 4.58. The third-order valence-corrected chi connectivity index (χ3v) is 5.94. The highest BCUT2D eigenvalue weighted by molar-refractivity contribution is 5.58. The van der Waals surface area contributed by atoms with Crippen molar-refractivity contribution >= 4 is 5.82 Å². The van der Waals surface area contributed by atoms with Crippen LogP contribution in [-0.4, -0.2) is 65.2 Å². The second-order valence-corrected chi connectivity index (χ2v) is 7.54. The average molecular weight is 350 g/mol. The number of hydrogen-bond acceptors (Lipinski definition) is 6. The first-order valence-corrected chi connectivity index (χ1v) is 9.89. The van der Waals surface area contributed by atoms with Crippen molar-refractivity contribution in [1.82, 2.24) is 25.2 Å². The Morgan fingerprint density at radius 3 is 2.92 bits per heavy atom. The number of pyridine rings is 1. The summed E-state index contributed by atoms with van der Waals surface area (Å²) in [7, 11) is 0. The number of fused-ring (bicyclic) bond motifs is 2. The fourth-order valence-corrected chi connectivity index (χ4v) is 4.58. The van der Waals surface area contributed by atoms with Crippen molar-refractivity contribution in [2.75, 3.05) is 44.2 Å². The Hall–Kier alpha value is -2.05. The largest absolute Gasteiger partial charge is 0.353 e. The van der Waals surface area contributed by atoms with Crippen LogP contribution in [0.2, 0.25) is 0 Å². The normalized spacial score (nSPS) is 23.4. The summed E-state index contributed by atoms with van der Waals surface area (Å²) in [6, 6.07) is 6.65. The monoisotopic (exact) mass is 350 g/mol. The highest BCUT2D eigenvalue weighted by Gasteiger charge is 2.32. The van der Waals surface area contributed by atoms with E-state index in [0.717, 1.165) is 62.9 Å². The van der Waals surface area contributed by atoms with Crippen molar-refractivity contribution in [2.45, 2.75) is 31.7 Å². The molecule has 6 nitrogen and oxygen atoms in total. The smallest absolute Gasteiger partial charge is 0.180 e. The second kappa shape index (κ2) is 6.93. The Morgan fingerprint density at radius 1 is 1.04 bits per heavy atom. The Kier molecular flexibility index (Phi) is 4.30. The molecule has 0 unspecified atom stereocenters. The highest BCUT2D eigenvalue weighted by Crippen LogP contribution is 2.30. The number of nitrogens with one attached hydrogen (secondary N) is 1. The second-order valence-electron chi connectivity index (χ2n) is 7.54.